The van der Waals surface area contributed by atoms with E-state index in [0.717, 1.165) is 6.54 Å². The third kappa shape index (κ3) is 4.93. The van der Waals surface area contributed by atoms with Crippen LogP contribution in [-0.2, 0) is 10.0 Å². The van der Waals surface area contributed by atoms with Crippen molar-refractivity contribution < 1.29 is 17.2 Å². The smallest absolute Gasteiger partial charge is 0.260 e. The molecule has 0 amide bonds. The van der Waals surface area contributed by atoms with Gasteiger partial charge in [0.05, 0.1) is 22.2 Å². The Bertz CT molecular complexity index is 1210. The van der Waals surface area contributed by atoms with Crippen molar-refractivity contribution in [2.75, 3.05) is 32.7 Å². The molecule has 11 heteroatoms. The Morgan fingerprint density at radius 2 is 1.55 bits per heavy atom. The summed E-state index contributed by atoms with van der Waals surface area (Å²) in [5.41, 5.74) is 1.08. The molecular formula is C22H22Cl2F2N4O2S. The Kier molecular flexibility index (Phi) is 7.07. The van der Waals surface area contributed by atoms with Crippen LogP contribution in [0.5, 0.6) is 0 Å². The first kappa shape index (κ1) is 24.1. The zero-order valence-electron chi connectivity index (χ0n) is 17.7. The molecule has 2 aromatic carbocycles. The van der Waals surface area contributed by atoms with Gasteiger partial charge in [0.1, 0.15) is 17.5 Å². The van der Waals surface area contributed by atoms with Crippen molar-refractivity contribution in [1.29, 1.82) is 0 Å². The van der Waals surface area contributed by atoms with Crippen LogP contribution in [0.3, 0.4) is 0 Å². The van der Waals surface area contributed by atoms with Gasteiger partial charge in [0.25, 0.3) is 10.0 Å². The number of piperazine rings is 1. The van der Waals surface area contributed by atoms with Crippen LogP contribution in [0.25, 0.3) is 0 Å². The summed E-state index contributed by atoms with van der Waals surface area (Å²) in [6.07, 6.45) is 1.26. The predicted octanol–water partition coefficient (Wildman–Crippen LogP) is 4.50. The lowest BCUT2D eigenvalue weighted by Crippen LogP contribution is -2.48. The maximum absolute atomic E-state index is 13.8. The first-order valence-electron chi connectivity index (χ1n) is 10.4. The van der Waals surface area contributed by atoms with Gasteiger partial charge in [0.15, 0.2) is 5.03 Å². The van der Waals surface area contributed by atoms with E-state index in [1.54, 1.807) is 0 Å². The molecule has 1 aliphatic heterocycles. The van der Waals surface area contributed by atoms with Crippen molar-refractivity contribution in [2.24, 2.45) is 0 Å². The molecule has 1 saturated heterocycles. The van der Waals surface area contributed by atoms with Gasteiger partial charge in [-0.05, 0) is 41.9 Å². The highest BCUT2D eigenvalue weighted by Gasteiger charge is 2.31. The number of likely N-dealkylation sites (N-methyl/N-ethyl adjacent to an activating group) is 1. The van der Waals surface area contributed by atoms with E-state index < -0.39 is 27.6 Å². The van der Waals surface area contributed by atoms with Crippen LogP contribution < -0.4 is 0 Å². The number of aromatic amines is 1. The second kappa shape index (κ2) is 9.68. The van der Waals surface area contributed by atoms with E-state index >= 15 is 0 Å². The van der Waals surface area contributed by atoms with Gasteiger partial charge in [-0.15, -0.1) is 0 Å². The van der Waals surface area contributed by atoms with Crippen LogP contribution in [0, 0.1) is 11.6 Å². The molecule has 0 atom stereocenters. The number of aromatic nitrogens is 2. The fraction of sp³-hybridized carbons (Fsp3) is 0.318. The Morgan fingerprint density at radius 3 is 2.03 bits per heavy atom. The molecule has 33 heavy (non-hydrogen) atoms. The summed E-state index contributed by atoms with van der Waals surface area (Å²) < 4.78 is 55.4. The molecule has 1 N–H and O–H groups in total. The van der Waals surface area contributed by atoms with Crippen LogP contribution in [0.2, 0.25) is 10.0 Å². The summed E-state index contributed by atoms with van der Waals surface area (Å²) in [6, 6.07) is 8.32. The summed E-state index contributed by atoms with van der Waals surface area (Å²) in [5.74, 6) is -1.58. The predicted molar refractivity (Wildman–Crippen MR) is 123 cm³/mol. The number of H-pyrrole nitrogens is 1. The number of halogens is 4. The molecule has 0 spiro atoms. The molecule has 2 heterocycles. The Labute approximate surface area is 201 Å². The van der Waals surface area contributed by atoms with Crippen molar-refractivity contribution in [1.82, 2.24) is 19.2 Å². The van der Waals surface area contributed by atoms with Crippen molar-refractivity contribution in [3.63, 3.8) is 0 Å². The molecule has 0 bridgehead atoms. The number of rotatable bonds is 6. The molecule has 0 radical (unpaired) electrons. The molecule has 6 nitrogen and oxygen atoms in total. The molecule has 0 unspecified atom stereocenters. The van der Waals surface area contributed by atoms with Crippen LogP contribution in [0.15, 0.2) is 47.6 Å². The summed E-state index contributed by atoms with van der Waals surface area (Å²) in [7, 11) is -3.78. The van der Waals surface area contributed by atoms with Crippen LogP contribution in [0.4, 0.5) is 8.78 Å². The summed E-state index contributed by atoms with van der Waals surface area (Å²) >= 11 is 12.0. The minimum atomic E-state index is -3.78. The number of hydrogen-bond acceptors (Lipinski definition) is 4. The van der Waals surface area contributed by atoms with E-state index in [1.807, 2.05) is 6.92 Å². The lowest BCUT2D eigenvalue weighted by atomic mass is 9.90. The van der Waals surface area contributed by atoms with Crippen molar-refractivity contribution >= 4 is 33.2 Å². The monoisotopic (exact) mass is 514 g/mol. The van der Waals surface area contributed by atoms with Gasteiger partial charge in [-0.3, -0.25) is 0 Å². The first-order chi connectivity index (χ1) is 15.7. The number of nitrogens with one attached hydrogen (secondary N) is 1. The molecular weight excluding hydrogens is 493 g/mol. The van der Waals surface area contributed by atoms with E-state index in [9.17, 15) is 17.2 Å². The lowest BCUT2D eigenvalue weighted by molar-refractivity contribution is 0.196. The van der Waals surface area contributed by atoms with E-state index in [0.29, 0.717) is 37.3 Å². The average Bonchev–Trinajstić information content (AvgIpc) is 3.29. The molecule has 176 valence electrons. The molecule has 0 saturated carbocycles. The van der Waals surface area contributed by atoms with Gasteiger partial charge in [-0.1, -0.05) is 42.3 Å². The van der Waals surface area contributed by atoms with Crippen molar-refractivity contribution in [3.05, 3.63) is 81.2 Å². The molecule has 4 rings (SSSR count). The maximum Gasteiger partial charge on any atom is 0.260 e. The normalized spacial score (nSPS) is 15.9. The highest BCUT2D eigenvalue weighted by molar-refractivity contribution is 7.89. The van der Waals surface area contributed by atoms with Crippen molar-refractivity contribution in [3.8, 4) is 0 Å². The third-order valence-electron chi connectivity index (χ3n) is 5.80. The molecule has 0 aliphatic carbocycles. The van der Waals surface area contributed by atoms with Crippen molar-refractivity contribution in [2.45, 2.75) is 17.9 Å². The molecule has 1 aliphatic rings. The largest absolute Gasteiger partial charge is 0.331 e. The number of nitrogens with zero attached hydrogens (tertiary/aromatic N) is 3. The van der Waals surface area contributed by atoms with Gasteiger partial charge in [0.2, 0.25) is 0 Å². The topological polar surface area (TPSA) is 69.3 Å². The van der Waals surface area contributed by atoms with E-state index in [2.05, 4.69) is 14.9 Å². The van der Waals surface area contributed by atoms with Gasteiger partial charge < -0.3 is 9.88 Å². The average molecular weight is 515 g/mol. The Morgan fingerprint density at radius 1 is 1.00 bits per heavy atom. The number of benzene rings is 2. The quantitative estimate of drug-likeness (QED) is 0.525. The maximum atomic E-state index is 13.8. The van der Waals surface area contributed by atoms with E-state index in [-0.39, 0.29) is 20.9 Å². The second-order valence-corrected chi connectivity index (χ2v) is 10.5. The summed E-state index contributed by atoms with van der Waals surface area (Å²) in [5, 5.41) is -0.244. The van der Waals surface area contributed by atoms with Crippen LogP contribution in [-0.4, -0.2) is 60.3 Å². The van der Waals surface area contributed by atoms with Gasteiger partial charge in [-0.2, -0.15) is 4.31 Å². The summed E-state index contributed by atoms with van der Waals surface area (Å²) in [6.45, 7) is 4.98. The van der Waals surface area contributed by atoms with Gasteiger partial charge >= 0.3 is 0 Å². The Hall–Kier alpha value is -2.04. The van der Waals surface area contributed by atoms with Crippen LogP contribution in [0.1, 0.15) is 29.8 Å². The number of hydrogen-bond donors (Lipinski definition) is 1. The Balaban J connectivity index is 1.73. The van der Waals surface area contributed by atoms with Gasteiger partial charge in [0, 0.05) is 26.2 Å². The van der Waals surface area contributed by atoms with Gasteiger partial charge in [-0.25, -0.2) is 22.2 Å². The van der Waals surface area contributed by atoms with E-state index in [4.69, 9.17) is 23.2 Å². The number of sulfonamides is 1. The molecule has 3 aromatic rings. The summed E-state index contributed by atoms with van der Waals surface area (Å²) in [4.78, 5) is 9.41. The minimum absolute atomic E-state index is 0.0473. The first-order valence-corrected chi connectivity index (χ1v) is 12.6. The molecule has 1 fully saturated rings. The SMILES string of the molecule is CCN1CCN(S(=O)(=O)c2cnc(C(c3ccc(F)c(Cl)c3)c3ccc(F)c(Cl)c3)[nH]2)CC1. The standard InChI is InChI=1S/C22H22Cl2F2N4O2S/c1-2-29-7-9-30(10-8-29)33(31,32)20-13-27-22(28-20)21(14-3-5-18(25)16(23)11-14)15-4-6-19(26)17(24)12-15/h3-6,11-13,21H,2,7-10H2,1H3,(H,27,28). The molecule has 1 aromatic heterocycles. The lowest BCUT2D eigenvalue weighted by Gasteiger charge is -2.32. The fourth-order valence-electron chi connectivity index (χ4n) is 3.91. The highest BCUT2D eigenvalue weighted by atomic mass is 35.5. The fourth-order valence-corrected chi connectivity index (χ4v) is 5.63. The number of imidazole rings is 1. The highest BCUT2D eigenvalue weighted by Crippen LogP contribution is 2.34. The second-order valence-electron chi connectivity index (χ2n) is 7.75. The third-order valence-corrected chi connectivity index (χ3v) is 8.18. The zero-order chi connectivity index (χ0) is 23.8. The van der Waals surface area contributed by atoms with E-state index in [1.165, 1.54) is 46.9 Å². The minimum Gasteiger partial charge on any atom is -0.331 e. The van der Waals surface area contributed by atoms with Crippen LogP contribution >= 0.6 is 23.2 Å². The zero-order valence-corrected chi connectivity index (χ0v) is 20.1.